The molecule has 0 aliphatic heterocycles. The summed E-state index contributed by atoms with van der Waals surface area (Å²) in [6.07, 6.45) is 0. The molecule has 0 aliphatic rings. The highest BCUT2D eigenvalue weighted by Crippen LogP contribution is 2.09. The average molecular weight is 213 g/mol. The molecule has 0 spiro atoms. The zero-order chi connectivity index (χ0) is 10.6. The van der Waals surface area contributed by atoms with Crippen LogP contribution in [0.3, 0.4) is 0 Å². The predicted octanol–water partition coefficient (Wildman–Crippen LogP) is 1.10. The summed E-state index contributed by atoms with van der Waals surface area (Å²) in [7, 11) is 0. The first-order chi connectivity index (χ1) is 6.65. The maximum Gasteiger partial charge on any atom is 0.338 e. The smallest absolute Gasteiger partial charge is 0.338 e. The fourth-order valence-electron chi connectivity index (χ4n) is 0.941. The second-order valence-electron chi connectivity index (χ2n) is 2.48. The largest absolute Gasteiger partial charge is 0.768 e. The van der Waals surface area contributed by atoms with E-state index in [0.29, 0.717) is 0 Å². The third-order valence-corrected chi connectivity index (χ3v) is 2.18. The van der Waals surface area contributed by atoms with Crippen LogP contribution in [0.4, 0.5) is 0 Å². The van der Waals surface area contributed by atoms with E-state index in [1.54, 1.807) is 6.92 Å². The van der Waals surface area contributed by atoms with E-state index in [4.69, 9.17) is 4.74 Å². The molecule has 0 heterocycles. The van der Waals surface area contributed by atoms with Crippen LogP contribution in [-0.2, 0) is 15.8 Å². The molecule has 0 radical (unpaired) electrons. The molecule has 0 N–H and O–H groups in total. The SMILES string of the molecule is CCOC(=O)c1cccc(S(=O)[O-])c1. The van der Waals surface area contributed by atoms with Crippen molar-refractivity contribution in [1.29, 1.82) is 0 Å². The Morgan fingerprint density at radius 2 is 2.29 bits per heavy atom. The van der Waals surface area contributed by atoms with Crippen molar-refractivity contribution < 1.29 is 18.3 Å². The molecule has 4 nitrogen and oxygen atoms in total. The molecule has 0 saturated heterocycles. The number of ether oxygens (including phenoxy) is 1. The van der Waals surface area contributed by atoms with Gasteiger partial charge in [0.25, 0.3) is 0 Å². The maximum atomic E-state index is 11.2. The minimum absolute atomic E-state index is 0.0792. The minimum Gasteiger partial charge on any atom is -0.768 e. The molecule has 0 saturated carbocycles. The van der Waals surface area contributed by atoms with E-state index in [0.717, 1.165) is 0 Å². The molecule has 14 heavy (non-hydrogen) atoms. The molecule has 5 heteroatoms. The van der Waals surface area contributed by atoms with E-state index in [1.165, 1.54) is 24.3 Å². The van der Waals surface area contributed by atoms with Gasteiger partial charge in [-0.25, -0.2) is 4.79 Å². The van der Waals surface area contributed by atoms with E-state index in [2.05, 4.69) is 0 Å². The molecule has 1 aromatic carbocycles. The molecule has 1 unspecified atom stereocenters. The Bertz CT molecular complexity index is 362. The van der Waals surface area contributed by atoms with Crippen molar-refractivity contribution in [2.24, 2.45) is 0 Å². The molecule has 1 aromatic rings. The normalized spacial score (nSPS) is 12.1. The van der Waals surface area contributed by atoms with Crippen molar-refractivity contribution >= 4 is 17.0 Å². The first kappa shape index (κ1) is 10.9. The lowest BCUT2D eigenvalue weighted by Crippen LogP contribution is -2.05. The molecule has 1 rings (SSSR count). The van der Waals surface area contributed by atoms with Crippen LogP contribution in [0.25, 0.3) is 0 Å². The lowest BCUT2D eigenvalue weighted by molar-refractivity contribution is 0.0526. The second kappa shape index (κ2) is 4.88. The van der Waals surface area contributed by atoms with Crippen LogP contribution >= 0.6 is 0 Å². The van der Waals surface area contributed by atoms with Gasteiger partial charge in [0.15, 0.2) is 0 Å². The summed E-state index contributed by atoms with van der Waals surface area (Å²) in [4.78, 5) is 11.3. The molecule has 0 amide bonds. The Balaban J connectivity index is 2.93. The van der Waals surface area contributed by atoms with Crippen LogP contribution in [0.2, 0.25) is 0 Å². The van der Waals surface area contributed by atoms with E-state index in [1.807, 2.05) is 0 Å². The van der Waals surface area contributed by atoms with E-state index >= 15 is 0 Å². The monoisotopic (exact) mass is 213 g/mol. The van der Waals surface area contributed by atoms with Gasteiger partial charge in [0.2, 0.25) is 0 Å². The van der Waals surface area contributed by atoms with Gasteiger partial charge in [-0.2, -0.15) is 0 Å². The summed E-state index contributed by atoms with van der Waals surface area (Å²) in [5, 5.41) is 0. The number of benzene rings is 1. The van der Waals surface area contributed by atoms with Crippen molar-refractivity contribution in [3.05, 3.63) is 29.8 Å². The molecule has 0 bridgehead atoms. The van der Waals surface area contributed by atoms with Crippen LogP contribution < -0.4 is 0 Å². The number of carbonyl (C=O) groups is 1. The summed E-state index contributed by atoms with van der Waals surface area (Å²) in [5.74, 6) is -0.514. The number of hydrogen-bond acceptors (Lipinski definition) is 4. The zero-order valence-corrected chi connectivity index (χ0v) is 8.37. The van der Waals surface area contributed by atoms with Gasteiger partial charge in [0, 0.05) is 4.90 Å². The fraction of sp³-hybridized carbons (Fsp3) is 0.222. The van der Waals surface area contributed by atoms with Crippen molar-refractivity contribution in [2.75, 3.05) is 6.61 Å². The Kier molecular flexibility index (Phi) is 3.79. The quantitative estimate of drug-likeness (QED) is 0.557. The minimum atomic E-state index is -2.32. The lowest BCUT2D eigenvalue weighted by Gasteiger charge is -2.06. The molecular formula is C9H9O4S-. The number of esters is 1. The first-order valence-corrected chi connectivity index (χ1v) is 5.09. The van der Waals surface area contributed by atoms with Crippen LogP contribution in [0.5, 0.6) is 0 Å². The standard InChI is InChI=1S/C9H10O4S/c1-2-13-9(10)7-4-3-5-8(6-7)14(11)12/h3-6H,2H2,1H3,(H,11,12)/p-1. The third-order valence-electron chi connectivity index (χ3n) is 1.54. The van der Waals surface area contributed by atoms with Gasteiger partial charge in [-0.3, -0.25) is 4.21 Å². The number of rotatable bonds is 3. The highest BCUT2D eigenvalue weighted by Gasteiger charge is 2.06. The Morgan fingerprint density at radius 3 is 2.86 bits per heavy atom. The Hall–Kier alpha value is -1.20. The van der Waals surface area contributed by atoms with E-state index in [-0.39, 0.29) is 17.1 Å². The second-order valence-corrected chi connectivity index (χ2v) is 3.42. The number of hydrogen-bond donors (Lipinski definition) is 0. The summed E-state index contributed by atoms with van der Waals surface area (Å²) in [5.41, 5.74) is 0.244. The summed E-state index contributed by atoms with van der Waals surface area (Å²) < 4.78 is 25.9. The van der Waals surface area contributed by atoms with Gasteiger partial charge < -0.3 is 9.29 Å². The molecule has 0 aliphatic carbocycles. The third kappa shape index (κ3) is 2.65. The van der Waals surface area contributed by atoms with Gasteiger partial charge in [0.1, 0.15) is 0 Å². The lowest BCUT2D eigenvalue weighted by atomic mass is 10.2. The molecule has 0 aromatic heterocycles. The van der Waals surface area contributed by atoms with E-state index in [9.17, 15) is 13.6 Å². The van der Waals surface area contributed by atoms with Crippen LogP contribution in [-0.4, -0.2) is 21.3 Å². The molecule has 0 fully saturated rings. The van der Waals surface area contributed by atoms with Gasteiger partial charge in [-0.1, -0.05) is 6.07 Å². The fourth-order valence-corrected chi connectivity index (χ4v) is 1.35. The molecule has 1 atom stereocenters. The maximum absolute atomic E-state index is 11.2. The van der Waals surface area contributed by atoms with Crippen LogP contribution in [0.1, 0.15) is 17.3 Å². The van der Waals surface area contributed by atoms with Gasteiger partial charge >= 0.3 is 5.97 Å². The number of carbonyl (C=O) groups excluding carboxylic acids is 1. The molecular weight excluding hydrogens is 204 g/mol. The van der Waals surface area contributed by atoms with Crippen molar-refractivity contribution in [3.63, 3.8) is 0 Å². The topological polar surface area (TPSA) is 66.4 Å². The van der Waals surface area contributed by atoms with Crippen LogP contribution in [0, 0.1) is 0 Å². The average Bonchev–Trinajstić information content (AvgIpc) is 2.18. The van der Waals surface area contributed by atoms with E-state index < -0.39 is 17.0 Å². The molecule has 76 valence electrons. The first-order valence-electron chi connectivity index (χ1n) is 4.01. The van der Waals surface area contributed by atoms with Gasteiger partial charge in [-0.05, 0) is 36.2 Å². The zero-order valence-electron chi connectivity index (χ0n) is 7.56. The highest BCUT2D eigenvalue weighted by molar-refractivity contribution is 7.79. The summed E-state index contributed by atoms with van der Waals surface area (Å²) in [6, 6.07) is 5.69. The predicted molar refractivity (Wildman–Crippen MR) is 49.6 cm³/mol. The summed E-state index contributed by atoms with van der Waals surface area (Å²) >= 11 is -2.32. The van der Waals surface area contributed by atoms with Gasteiger partial charge in [0.05, 0.1) is 12.2 Å². The van der Waals surface area contributed by atoms with Crippen molar-refractivity contribution in [3.8, 4) is 0 Å². The highest BCUT2D eigenvalue weighted by atomic mass is 32.2. The van der Waals surface area contributed by atoms with Crippen LogP contribution in [0.15, 0.2) is 29.2 Å². The Morgan fingerprint density at radius 1 is 1.57 bits per heavy atom. The Labute approximate surface area is 84.2 Å². The summed E-state index contributed by atoms with van der Waals surface area (Å²) in [6.45, 7) is 1.96. The van der Waals surface area contributed by atoms with Crippen molar-refractivity contribution in [2.45, 2.75) is 11.8 Å². The van der Waals surface area contributed by atoms with Gasteiger partial charge in [-0.15, -0.1) is 0 Å². The van der Waals surface area contributed by atoms with Crippen molar-refractivity contribution in [1.82, 2.24) is 0 Å².